The predicted molar refractivity (Wildman–Crippen MR) is 77.8 cm³/mol. The third-order valence-corrected chi connectivity index (χ3v) is 3.45. The highest BCUT2D eigenvalue weighted by Crippen LogP contribution is 2.15. The lowest BCUT2D eigenvalue weighted by Gasteiger charge is -2.04. The van der Waals surface area contributed by atoms with Crippen LogP contribution in [0.4, 0.5) is 4.39 Å². The molecule has 1 amide bonds. The van der Waals surface area contributed by atoms with Gasteiger partial charge in [-0.05, 0) is 29.1 Å². The highest BCUT2D eigenvalue weighted by Gasteiger charge is 2.11. The lowest BCUT2D eigenvalue weighted by molar-refractivity contribution is 0.0954. The number of amides is 1. The minimum absolute atomic E-state index is 0.217. The molecule has 0 saturated heterocycles. The number of nitrogens with two attached hydrogens (primary N) is 1. The van der Waals surface area contributed by atoms with Crippen molar-refractivity contribution < 1.29 is 9.18 Å². The Kier molecular flexibility index (Phi) is 4.88. The number of carbonyl (C=O) groups is 1. The van der Waals surface area contributed by atoms with Crippen molar-refractivity contribution in [2.24, 2.45) is 5.73 Å². The van der Waals surface area contributed by atoms with Crippen LogP contribution in [0.5, 0.6) is 0 Å². The van der Waals surface area contributed by atoms with E-state index in [2.05, 4.69) is 17.2 Å². The maximum Gasteiger partial charge on any atom is 0.262 e. The summed E-state index contributed by atoms with van der Waals surface area (Å²) in [7, 11) is 0. The molecule has 0 radical (unpaired) electrons. The Hall–Kier alpha value is -2.16. The van der Waals surface area contributed by atoms with Gasteiger partial charge in [-0.25, -0.2) is 4.39 Å². The van der Waals surface area contributed by atoms with Crippen LogP contribution in [-0.2, 0) is 6.54 Å². The van der Waals surface area contributed by atoms with E-state index >= 15 is 0 Å². The molecule has 0 saturated carbocycles. The van der Waals surface area contributed by atoms with Crippen LogP contribution in [0, 0.1) is 17.7 Å². The average molecular weight is 288 g/mol. The smallest absolute Gasteiger partial charge is 0.262 e. The summed E-state index contributed by atoms with van der Waals surface area (Å²) in [6.45, 7) is 0.526. The van der Waals surface area contributed by atoms with E-state index in [-0.39, 0.29) is 24.8 Å². The molecule has 0 unspecified atom stereocenters. The number of hydrogen-bond donors (Lipinski definition) is 2. The van der Waals surface area contributed by atoms with Crippen molar-refractivity contribution in [1.29, 1.82) is 0 Å². The first-order valence-corrected chi connectivity index (χ1v) is 6.87. The summed E-state index contributed by atoms with van der Waals surface area (Å²) in [6.07, 6.45) is 0. The summed E-state index contributed by atoms with van der Waals surface area (Å²) in [5.74, 6) is 5.04. The summed E-state index contributed by atoms with van der Waals surface area (Å²) >= 11 is 1.32. The van der Waals surface area contributed by atoms with Crippen molar-refractivity contribution in [3.05, 3.63) is 57.5 Å². The molecule has 0 spiro atoms. The number of carbonyl (C=O) groups excluding carboxylic acids is 1. The predicted octanol–water partition coefficient (Wildman–Crippen LogP) is 2.13. The van der Waals surface area contributed by atoms with Gasteiger partial charge in [0.25, 0.3) is 5.91 Å². The summed E-state index contributed by atoms with van der Waals surface area (Å²) in [6, 6.07) is 7.91. The number of thiophene rings is 1. The fourth-order valence-corrected chi connectivity index (χ4v) is 2.40. The van der Waals surface area contributed by atoms with Crippen LogP contribution in [0.15, 0.2) is 35.7 Å². The maximum absolute atomic E-state index is 13.0. The van der Waals surface area contributed by atoms with E-state index in [1.807, 2.05) is 0 Å². The van der Waals surface area contributed by atoms with E-state index in [1.54, 1.807) is 23.6 Å². The Bertz CT molecular complexity index is 670. The molecule has 0 aliphatic carbocycles. The normalized spacial score (nSPS) is 9.70. The average Bonchev–Trinajstić information content (AvgIpc) is 2.91. The third-order valence-electron chi connectivity index (χ3n) is 2.54. The van der Waals surface area contributed by atoms with Crippen LogP contribution in [0.1, 0.15) is 20.8 Å². The van der Waals surface area contributed by atoms with Gasteiger partial charge in [0, 0.05) is 12.1 Å². The highest BCUT2D eigenvalue weighted by molar-refractivity contribution is 7.12. The Morgan fingerprint density at radius 1 is 1.40 bits per heavy atom. The summed E-state index contributed by atoms with van der Waals surface area (Å²) < 4.78 is 13.0. The van der Waals surface area contributed by atoms with Gasteiger partial charge >= 0.3 is 0 Å². The molecule has 2 rings (SSSR count). The van der Waals surface area contributed by atoms with Crippen molar-refractivity contribution in [2.75, 3.05) is 6.54 Å². The van der Waals surface area contributed by atoms with Crippen LogP contribution < -0.4 is 11.1 Å². The summed E-state index contributed by atoms with van der Waals surface area (Å²) in [5.41, 5.74) is 6.69. The van der Waals surface area contributed by atoms with E-state index in [9.17, 15) is 9.18 Å². The minimum Gasteiger partial charge on any atom is -0.347 e. The molecule has 0 atom stereocenters. The highest BCUT2D eigenvalue weighted by atomic mass is 32.1. The molecule has 0 bridgehead atoms. The Labute approximate surface area is 120 Å². The molecular formula is C15H13FN2OS. The van der Waals surface area contributed by atoms with Gasteiger partial charge in [-0.15, -0.1) is 11.3 Å². The van der Waals surface area contributed by atoms with E-state index in [0.29, 0.717) is 16.0 Å². The molecular weight excluding hydrogens is 275 g/mol. The van der Waals surface area contributed by atoms with Gasteiger partial charge in [0.15, 0.2) is 0 Å². The van der Waals surface area contributed by atoms with Gasteiger partial charge in [0.1, 0.15) is 10.7 Å². The topological polar surface area (TPSA) is 55.1 Å². The number of nitrogens with one attached hydrogen (secondary N) is 1. The minimum atomic E-state index is -0.317. The number of benzene rings is 1. The monoisotopic (exact) mass is 288 g/mol. The molecule has 1 aromatic heterocycles. The van der Waals surface area contributed by atoms with E-state index in [4.69, 9.17) is 5.73 Å². The van der Waals surface area contributed by atoms with Crippen LogP contribution in [0.3, 0.4) is 0 Å². The standard InChI is InChI=1S/C15H13FN2OS/c16-13-5-1-3-11(9-13)10-18-15(19)14-12(4-2-7-17)6-8-20-14/h1,3,5-6,8-9H,7,10,17H2,(H,18,19). The molecule has 0 fully saturated rings. The summed E-state index contributed by atoms with van der Waals surface area (Å²) in [4.78, 5) is 12.6. The van der Waals surface area contributed by atoms with Gasteiger partial charge < -0.3 is 11.1 Å². The second kappa shape index (κ2) is 6.85. The van der Waals surface area contributed by atoms with Crippen molar-refractivity contribution >= 4 is 17.2 Å². The molecule has 3 nitrogen and oxygen atoms in total. The molecule has 5 heteroatoms. The zero-order chi connectivity index (χ0) is 14.4. The summed E-state index contributed by atoms with van der Waals surface area (Å²) in [5, 5.41) is 4.55. The fraction of sp³-hybridized carbons (Fsp3) is 0.133. The van der Waals surface area contributed by atoms with Crippen LogP contribution >= 0.6 is 11.3 Å². The van der Waals surface area contributed by atoms with Gasteiger partial charge in [-0.3, -0.25) is 4.79 Å². The molecule has 102 valence electrons. The Morgan fingerprint density at radius 2 is 2.25 bits per heavy atom. The lowest BCUT2D eigenvalue weighted by Crippen LogP contribution is -2.22. The molecule has 0 aliphatic rings. The van der Waals surface area contributed by atoms with E-state index in [1.165, 1.54) is 23.5 Å². The Balaban J connectivity index is 2.04. The quantitative estimate of drug-likeness (QED) is 0.850. The first kappa shape index (κ1) is 14.3. The van der Waals surface area contributed by atoms with E-state index < -0.39 is 0 Å². The number of halogens is 1. The van der Waals surface area contributed by atoms with E-state index in [0.717, 1.165) is 0 Å². The third kappa shape index (κ3) is 3.67. The van der Waals surface area contributed by atoms with Gasteiger partial charge in [0.2, 0.25) is 0 Å². The largest absolute Gasteiger partial charge is 0.347 e. The molecule has 2 aromatic rings. The van der Waals surface area contributed by atoms with Crippen molar-refractivity contribution in [3.8, 4) is 11.8 Å². The molecule has 1 heterocycles. The van der Waals surface area contributed by atoms with Gasteiger partial charge in [-0.1, -0.05) is 24.0 Å². The maximum atomic E-state index is 13.0. The molecule has 20 heavy (non-hydrogen) atoms. The molecule has 1 aromatic carbocycles. The van der Waals surface area contributed by atoms with Crippen LogP contribution in [-0.4, -0.2) is 12.5 Å². The number of rotatable bonds is 3. The molecule has 0 aliphatic heterocycles. The number of hydrogen-bond acceptors (Lipinski definition) is 3. The van der Waals surface area contributed by atoms with Gasteiger partial charge in [0.05, 0.1) is 6.54 Å². The zero-order valence-electron chi connectivity index (χ0n) is 10.7. The second-order valence-corrected chi connectivity index (χ2v) is 4.90. The second-order valence-electron chi connectivity index (χ2n) is 3.98. The van der Waals surface area contributed by atoms with Crippen LogP contribution in [0.25, 0.3) is 0 Å². The fourth-order valence-electron chi connectivity index (χ4n) is 1.64. The van der Waals surface area contributed by atoms with Crippen molar-refractivity contribution in [1.82, 2.24) is 5.32 Å². The van der Waals surface area contributed by atoms with Crippen molar-refractivity contribution in [2.45, 2.75) is 6.54 Å². The lowest BCUT2D eigenvalue weighted by atomic mass is 10.2. The Morgan fingerprint density at radius 3 is 3.00 bits per heavy atom. The first-order chi connectivity index (χ1) is 9.70. The molecule has 3 N–H and O–H groups in total. The van der Waals surface area contributed by atoms with Crippen LogP contribution in [0.2, 0.25) is 0 Å². The zero-order valence-corrected chi connectivity index (χ0v) is 11.5. The SMILES string of the molecule is NCC#Cc1ccsc1C(=O)NCc1cccc(F)c1. The van der Waals surface area contributed by atoms with Crippen molar-refractivity contribution in [3.63, 3.8) is 0 Å². The van der Waals surface area contributed by atoms with Gasteiger partial charge in [-0.2, -0.15) is 0 Å². The first-order valence-electron chi connectivity index (χ1n) is 6.00.